The number of hydrogen-bond acceptors (Lipinski definition) is 2. The number of nitrogens with one attached hydrogen (secondary N) is 1. The van der Waals surface area contributed by atoms with Gasteiger partial charge >= 0.3 is 6.18 Å². The molecule has 0 aliphatic heterocycles. The predicted molar refractivity (Wildman–Crippen MR) is 97.6 cm³/mol. The van der Waals surface area contributed by atoms with Crippen LogP contribution in [0.25, 0.3) is 11.3 Å². The molecule has 0 aliphatic rings. The molecule has 0 aliphatic carbocycles. The largest absolute Gasteiger partial charge is 0.451 e. The summed E-state index contributed by atoms with van der Waals surface area (Å²) >= 11 is 0. The molecule has 1 aromatic heterocycles. The first kappa shape index (κ1) is 18.8. The molecule has 0 fully saturated rings. The lowest BCUT2D eigenvalue weighted by atomic mass is 10.0. The molecule has 0 spiro atoms. The lowest BCUT2D eigenvalue weighted by Crippen LogP contribution is -2.10. The van der Waals surface area contributed by atoms with Crippen molar-refractivity contribution < 1.29 is 22.4 Å². The standard InChI is InChI=1S/C21H18F3NO2/c1-13(2)14-6-8-17(9-7-14)25-20(26)19-11-10-18(27-19)15-4-3-5-16(12-15)21(22,23)24/h3-13H,1-2H3,(H,25,26). The monoisotopic (exact) mass is 373 g/mol. The zero-order chi connectivity index (χ0) is 19.6. The molecule has 0 bridgehead atoms. The Labute approximate surface area is 154 Å². The molecule has 27 heavy (non-hydrogen) atoms. The first-order valence-electron chi connectivity index (χ1n) is 8.43. The summed E-state index contributed by atoms with van der Waals surface area (Å²) in [5.74, 6) is 0.136. The predicted octanol–water partition coefficient (Wildman–Crippen LogP) is 6.34. The maximum atomic E-state index is 12.8. The second kappa shape index (κ2) is 7.31. The Morgan fingerprint density at radius 2 is 1.70 bits per heavy atom. The Morgan fingerprint density at radius 3 is 2.33 bits per heavy atom. The van der Waals surface area contributed by atoms with Gasteiger partial charge in [0.1, 0.15) is 5.76 Å². The number of amides is 1. The SMILES string of the molecule is CC(C)c1ccc(NC(=O)c2ccc(-c3cccc(C(F)(F)F)c3)o2)cc1. The maximum absolute atomic E-state index is 12.8. The molecule has 1 amide bonds. The third-order valence-corrected chi connectivity index (χ3v) is 4.14. The number of hydrogen-bond donors (Lipinski definition) is 1. The molecule has 0 atom stereocenters. The van der Waals surface area contributed by atoms with Gasteiger partial charge in [-0.1, -0.05) is 38.1 Å². The lowest BCUT2D eigenvalue weighted by Gasteiger charge is -2.08. The molecule has 1 heterocycles. The molecular weight excluding hydrogens is 355 g/mol. The summed E-state index contributed by atoms with van der Waals surface area (Å²) in [6, 6.07) is 15.1. The minimum Gasteiger partial charge on any atom is -0.451 e. The van der Waals surface area contributed by atoms with E-state index in [2.05, 4.69) is 19.2 Å². The zero-order valence-corrected chi connectivity index (χ0v) is 14.8. The van der Waals surface area contributed by atoms with Crippen molar-refractivity contribution in [1.82, 2.24) is 0 Å². The van der Waals surface area contributed by atoms with Crippen molar-refractivity contribution in [2.75, 3.05) is 5.32 Å². The van der Waals surface area contributed by atoms with Crippen LogP contribution in [-0.4, -0.2) is 5.91 Å². The number of halogens is 3. The Hall–Kier alpha value is -3.02. The fourth-order valence-corrected chi connectivity index (χ4v) is 2.61. The number of alkyl halides is 3. The van der Waals surface area contributed by atoms with Gasteiger partial charge in [0.2, 0.25) is 0 Å². The highest BCUT2D eigenvalue weighted by atomic mass is 19.4. The second-order valence-corrected chi connectivity index (χ2v) is 6.47. The molecule has 2 aromatic carbocycles. The Balaban J connectivity index is 1.76. The average molecular weight is 373 g/mol. The van der Waals surface area contributed by atoms with Crippen LogP contribution in [0.1, 0.15) is 41.4 Å². The summed E-state index contributed by atoms with van der Waals surface area (Å²) in [4.78, 5) is 12.3. The van der Waals surface area contributed by atoms with Crippen LogP contribution in [0.2, 0.25) is 0 Å². The highest BCUT2D eigenvalue weighted by Crippen LogP contribution is 2.32. The Bertz CT molecular complexity index is 941. The van der Waals surface area contributed by atoms with Crippen LogP contribution in [0.4, 0.5) is 18.9 Å². The van der Waals surface area contributed by atoms with E-state index in [0.717, 1.165) is 17.7 Å². The van der Waals surface area contributed by atoms with Crippen molar-refractivity contribution in [2.45, 2.75) is 25.9 Å². The lowest BCUT2D eigenvalue weighted by molar-refractivity contribution is -0.137. The third kappa shape index (κ3) is 4.39. The van der Waals surface area contributed by atoms with E-state index in [4.69, 9.17) is 4.42 Å². The van der Waals surface area contributed by atoms with E-state index in [1.165, 1.54) is 24.3 Å². The number of rotatable bonds is 4. The van der Waals surface area contributed by atoms with Gasteiger partial charge in [-0.05, 0) is 47.9 Å². The van der Waals surface area contributed by atoms with Gasteiger partial charge in [0, 0.05) is 11.3 Å². The van der Waals surface area contributed by atoms with Crippen LogP contribution in [0, 0.1) is 0 Å². The number of furan rings is 1. The maximum Gasteiger partial charge on any atom is 0.416 e. The van der Waals surface area contributed by atoms with E-state index in [-0.39, 0.29) is 17.1 Å². The van der Waals surface area contributed by atoms with E-state index in [9.17, 15) is 18.0 Å². The van der Waals surface area contributed by atoms with Gasteiger partial charge in [0.05, 0.1) is 5.56 Å². The number of anilines is 1. The zero-order valence-electron chi connectivity index (χ0n) is 14.8. The summed E-state index contributed by atoms with van der Waals surface area (Å²) in [5.41, 5.74) is 1.25. The van der Waals surface area contributed by atoms with E-state index in [1.807, 2.05) is 12.1 Å². The fourth-order valence-electron chi connectivity index (χ4n) is 2.61. The minimum absolute atomic E-state index is 0.0235. The van der Waals surface area contributed by atoms with Crippen LogP contribution >= 0.6 is 0 Å². The smallest absolute Gasteiger partial charge is 0.416 e. The van der Waals surface area contributed by atoms with Crippen molar-refractivity contribution >= 4 is 11.6 Å². The second-order valence-electron chi connectivity index (χ2n) is 6.47. The van der Waals surface area contributed by atoms with Crippen LogP contribution < -0.4 is 5.32 Å². The van der Waals surface area contributed by atoms with Crippen LogP contribution in [0.5, 0.6) is 0 Å². The van der Waals surface area contributed by atoms with Crippen molar-refractivity contribution in [1.29, 1.82) is 0 Å². The molecule has 3 aromatic rings. The van der Waals surface area contributed by atoms with Gasteiger partial charge in [0.25, 0.3) is 5.91 Å². The summed E-state index contributed by atoms with van der Waals surface area (Å²) in [7, 11) is 0. The van der Waals surface area contributed by atoms with Crippen LogP contribution in [-0.2, 0) is 6.18 Å². The Morgan fingerprint density at radius 1 is 1.00 bits per heavy atom. The van der Waals surface area contributed by atoms with Gasteiger partial charge in [-0.15, -0.1) is 0 Å². The molecule has 1 N–H and O–H groups in total. The van der Waals surface area contributed by atoms with Crippen molar-refractivity contribution in [2.24, 2.45) is 0 Å². The van der Waals surface area contributed by atoms with Crippen molar-refractivity contribution in [3.8, 4) is 11.3 Å². The fraction of sp³-hybridized carbons (Fsp3) is 0.190. The van der Waals surface area contributed by atoms with Crippen molar-refractivity contribution in [3.05, 3.63) is 77.6 Å². The molecule has 0 saturated heterocycles. The summed E-state index contributed by atoms with van der Waals surface area (Å²) in [6.07, 6.45) is -4.44. The topological polar surface area (TPSA) is 42.2 Å². The third-order valence-electron chi connectivity index (χ3n) is 4.14. The number of benzene rings is 2. The first-order chi connectivity index (χ1) is 12.7. The molecular formula is C21H18F3NO2. The van der Waals surface area contributed by atoms with Gasteiger partial charge in [0.15, 0.2) is 5.76 Å². The van der Waals surface area contributed by atoms with Crippen LogP contribution in [0.3, 0.4) is 0 Å². The summed E-state index contributed by atoms with van der Waals surface area (Å²) in [5, 5.41) is 2.71. The van der Waals surface area contributed by atoms with E-state index < -0.39 is 17.6 Å². The molecule has 0 saturated carbocycles. The summed E-state index contributed by atoms with van der Waals surface area (Å²) in [6.45, 7) is 4.15. The van der Waals surface area contributed by atoms with E-state index >= 15 is 0 Å². The quantitative estimate of drug-likeness (QED) is 0.580. The highest BCUT2D eigenvalue weighted by Gasteiger charge is 2.30. The number of carbonyl (C=O) groups is 1. The molecule has 0 radical (unpaired) electrons. The molecule has 3 nitrogen and oxygen atoms in total. The molecule has 3 rings (SSSR count). The van der Waals surface area contributed by atoms with Gasteiger partial charge < -0.3 is 9.73 Å². The minimum atomic E-state index is -4.44. The van der Waals surface area contributed by atoms with Crippen molar-refractivity contribution in [3.63, 3.8) is 0 Å². The molecule has 140 valence electrons. The highest BCUT2D eigenvalue weighted by molar-refractivity contribution is 6.02. The first-order valence-corrected chi connectivity index (χ1v) is 8.43. The normalized spacial score (nSPS) is 11.6. The summed E-state index contributed by atoms with van der Waals surface area (Å²) < 4.78 is 44.0. The molecule has 0 unspecified atom stereocenters. The van der Waals surface area contributed by atoms with Crippen LogP contribution in [0.15, 0.2) is 65.1 Å². The van der Waals surface area contributed by atoms with Gasteiger partial charge in [-0.2, -0.15) is 13.2 Å². The average Bonchev–Trinajstić information content (AvgIpc) is 3.12. The van der Waals surface area contributed by atoms with E-state index in [1.54, 1.807) is 12.1 Å². The number of carbonyl (C=O) groups excluding carboxylic acids is 1. The Kier molecular flexibility index (Phi) is 5.08. The van der Waals surface area contributed by atoms with Gasteiger partial charge in [-0.25, -0.2) is 0 Å². The van der Waals surface area contributed by atoms with Gasteiger partial charge in [-0.3, -0.25) is 4.79 Å². The van der Waals surface area contributed by atoms with E-state index in [0.29, 0.717) is 11.6 Å². The molecule has 6 heteroatoms.